The molecule has 1 aromatic carbocycles. The van der Waals surface area contributed by atoms with Crippen LogP contribution in [-0.2, 0) is 6.54 Å². The third kappa shape index (κ3) is 2.66. The number of amides is 1. The fourth-order valence-electron chi connectivity index (χ4n) is 3.26. The minimum atomic E-state index is -0.0498. The lowest BCUT2D eigenvalue weighted by Gasteiger charge is -2.39. The summed E-state index contributed by atoms with van der Waals surface area (Å²) in [5.74, 6) is 0.646. The molecule has 1 saturated heterocycles. The first-order valence-corrected chi connectivity index (χ1v) is 7.97. The molecule has 0 spiro atoms. The Kier molecular flexibility index (Phi) is 3.67. The Morgan fingerprint density at radius 2 is 2.00 bits per heavy atom. The molecule has 1 amide bonds. The minimum absolute atomic E-state index is 0.0498. The monoisotopic (exact) mass is 309 g/mol. The zero-order valence-electron chi connectivity index (χ0n) is 12.9. The van der Waals surface area contributed by atoms with Gasteiger partial charge in [0.2, 0.25) is 0 Å². The molecular weight excluding hydrogens is 290 g/mol. The van der Waals surface area contributed by atoms with Crippen molar-refractivity contribution < 1.29 is 4.79 Å². The van der Waals surface area contributed by atoms with E-state index in [0.29, 0.717) is 24.7 Å². The Morgan fingerprint density at radius 3 is 2.78 bits per heavy atom. The lowest BCUT2D eigenvalue weighted by molar-refractivity contribution is 0.0713. The molecule has 1 atom stereocenters. The van der Waals surface area contributed by atoms with Crippen LogP contribution >= 0.6 is 0 Å². The average Bonchev–Trinajstić information content (AvgIpc) is 3.13. The third-order valence-electron chi connectivity index (χ3n) is 4.39. The summed E-state index contributed by atoms with van der Waals surface area (Å²) in [7, 11) is 0. The van der Waals surface area contributed by atoms with Crippen molar-refractivity contribution in [2.75, 3.05) is 18.1 Å². The van der Waals surface area contributed by atoms with E-state index >= 15 is 0 Å². The van der Waals surface area contributed by atoms with E-state index in [2.05, 4.69) is 20.2 Å². The van der Waals surface area contributed by atoms with E-state index in [0.717, 1.165) is 24.9 Å². The van der Waals surface area contributed by atoms with E-state index in [1.807, 2.05) is 35.2 Å². The Hall–Kier alpha value is -2.47. The summed E-state index contributed by atoms with van der Waals surface area (Å²) >= 11 is 0. The number of anilines is 1. The van der Waals surface area contributed by atoms with Gasteiger partial charge in [-0.1, -0.05) is 30.3 Å². The molecule has 0 radical (unpaired) electrons. The summed E-state index contributed by atoms with van der Waals surface area (Å²) in [5.41, 5.74) is 1.57. The summed E-state index contributed by atoms with van der Waals surface area (Å²) in [5, 5.41) is 3.49. The number of hydrogen-bond donors (Lipinski definition) is 1. The smallest absolute Gasteiger partial charge is 0.278 e. The predicted molar refractivity (Wildman–Crippen MR) is 86.7 cm³/mol. The van der Waals surface area contributed by atoms with E-state index in [1.54, 1.807) is 12.4 Å². The maximum Gasteiger partial charge on any atom is 0.278 e. The van der Waals surface area contributed by atoms with E-state index in [4.69, 9.17) is 0 Å². The van der Waals surface area contributed by atoms with Gasteiger partial charge in [-0.3, -0.25) is 10.1 Å². The van der Waals surface area contributed by atoms with Crippen LogP contribution in [0.4, 0.5) is 5.82 Å². The highest BCUT2D eigenvalue weighted by atomic mass is 16.2. The van der Waals surface area contributed by atoms with Gasteiger partial charge in [0.1, 0.15) is 0 Å². The van der Waals surface area contributed by atoms with Crippen molar-refractivity contribution in [2.45, 2.75) is 25.6 Å². The van der Waals surface area contributed by atoms with Crippen molar-refractivity contribution in [1.82, 2.24) is 20.2 Å². The van der Waals surface area contributed by atoms with Crippen LogP contribution in [0.2, 0.25) is 0 Å². The summed E-state index contributed by atoms with van der Waals surface area (Å²) in [6.45, 7) is 2.12. The van der Waals surface area contributed by atoms with Gasteiger partial charge in [-0.2, -0.15) is 0 Å². The van der Waals surface area contributed by atoms with E-state index in [1.165, 1.54) is 0 Å². The highest BCUT2D eigenvalue weighted by Gasteiger charge is 2.35. The van der Waals surface area contributed by atoms with E-state index < -0.39 is 0 Å². The average molecular weight is 309 g/mol. The van der Waals surface area contributed by atoms with Gasteiger partial charge in [0.15, 0.2) is 11.5 Å². The van der Waals surface area contributed by atoms with Gasteiger partial charge in [-0.15, -0.1) is 0 Å². The molecule has 2 aliphatic rings. The first-order valence-electron chi connectivity index (χ1n) is 7.97. The van der Waals surface area contributed by atoms with Crippen molar-refractivity contribution in [2.24, 2.45) is 0 Å². The number of carbonyl (C=O) groups excluding carboxylic acids is 1. The van der Waals surface area contributed by atoms with Gasteiger partial charge in [0, 0.05) is 18.9 Å². The normalized spacial score (nSPS) is 20.7. The quantitative estimate of drug-likeness (QED) is 0.933. The number of nitrogens with zero attached hydrogens (tertiary/aromatic N) is 4. The Morgan fingerprint density at radius 1 is 1.17 bits per heavy atom. The van der Waals surface area contributed by atoms with Crippen LogP contribution in [-0.4, -0.2) is 40.2 Å². The van der Waals surface area contributed by atoms with Crippen LogP contribution in [0, 0.1) is 0 Å². The lowest BCUT2D eigenvalue weighted by atomic mass is 10.1. The molecule has 1 aromatic heterocycles. The molecule has 6 heteroatoms. The Balaban J connectivity index is 1.66. The number of rotatable bonds is 3. The van der Waals surface area contributed by atoms with Crippen molar-refractivity contribution in [3.8, 4) is 0 Å². The van der Waals surface area contributed by atoms with Crippen LogP contribution in [0.1, 0.15) is 28.9 Å². The van der Waals surface area contributed by atoms with Crippen LogP contribution < -0.4 is 10.2 Å². The summed E-state index contributed by atoms with van der Waals surface area (Å²) in [6, 6.07) is 10.0. The van der Waals surface area contributed by atoms with Gasteiger partial charge in [-0.05, 0) is 24.9 Å². The molecule has 4 rings (SSSR count). The van der Waals surface area contributed by atoms with Crippen molar-refractivity contribution in [3.05, 3.63) is 54.0 Å². The fraction of sp³-hybridized carbons (Fsp3) is 0.353. The second kappa shape index (κ2) is 5.96. The molecule has 0 aliphatic carbocycles. The van der Waals surface area contributed by atoms with E-state index in [9.17, 15) is 4.79 Å². The molecule has 2 aromatic rings. The second-order valence-corrected chi connectivity index (χ2v) is 5.94. The van der Waals surface area contributed by atoms with Crippen molar-refractivity contribution in [1.29, 1.82) is 0 Å². The van der Waals surface area contributed by atoms with Crippen LogP contribution in [0.15, 0.2) is 42.7 Å². The summed E-state index contributed by atoms with van der Waals surface area (Å²) in [6.07, 6.45) is 5.66. The van der Waals surface area contributed by atoms with E-state index in [-0.39, 0.29) is 12.1 Å². The third-order valence-corrected chi connectivity index (χ3v) is 4.39. The second-order valence-electron chi connectivity index (χ2n) is 5.94. The minimum Gasteiger partial charge on any atom is -0.321 e. The number of aromatic nitrogens is 2. The van der Waals surface area contributed by atoms with Gasteiger partial charge < -0.3 is 9.80 Å². The van der Waals surface area contributed by atoms with Crippen molar-refractivity contribution >= 4 is 11.7 Å². The number of benzene rings is 1. The topological polar surface area (TPSA) is 61.4 Å². The standard InChI is InChI=1S/C17H19N5O/c23-17-15-16(20-10-9-19-15)22(14-7-4-8-18-14)12-21(17)11-13-5-2-1-3-6-13/h1-3,5-6,9-10,14,18H,4,7-8,11-12H2. The molecule has 1 fully saturated rings. The predicted octanol–water partition coefficient (Wildman–Crippen LogP) is 1.61. The molecule has 0 saturated carbocycles. The zero-order valence-corrected chi connectivity index (χ0v) is 12.9. The fourth-order valence-corrected chi connectivity index (χ4v) is 3.26. The molecular formula is C17H19N5O. The maximum atomic E-state index is 12.8. The molecule has 6 nitrogen and oxygen atoms in total. The van der Waals surface area contributed by atoms with Crippen LogP contribution in [0.5, 0.6) is 0 Å². The SMILES string of the molecule is O=C1c2nccnc2N(C2CCCN2)CN1Cc1ccccc1. The Labute approximate surface area is 135 Å². The zero-order chi connectivity index (χ0) is 15.6. The number of hydrogen-bond acceptors (Lipinski definition) is 5. The first kappa shape index (κ1) is 14.1. The largest absolute Gasteiger partial charge is 0.321 e. The molecule has 23 heavy (non-hydrogen) atoms. The van der Waals surface area contributed by atoms with Gasteiger partial charge in [0.05, 0.1) is 12.8 Å². The molecule has 0 bridgehead atoms. The van der Waals surface area contributed by atoms with Gasteiger partial charge in [-0.25, -0.2) is 9.97 Å². The summed E-state index contributed by atoms with van der Waals surface area (Å²) in [4.78, 5) is 25.5. The number of fused-ring (bicyclic) bond motifs is 1. The summed E-state index contributed by atoms with van der Waals surface area (Å²) < 4.78 is 0. The molecule has 1 unspecified atom stereocenters. The molecule has 3 heterocycles. The number of carbonyl (C=O) groups is 1. The lowest BCUT2D eigenvalue weighted by Crippen LogP contribution is -2.53. The highest BCUT2D eigenvalue weighted by molar-refractivity contribution is 5.98. The van der Waals surface area contributed by atoms with Gasteiger partial charge in [0.25, 0.3) is 5.91 Å². The maximum absolute atomic E-state index is 12.8. The number of nitrogens with one attached hydrogen (secondary N) is 1. The van der Waals surface area contributed by atoms with Crippen LogP contribution in [0.3, 0.4) is 0 Å². The van der Waals surface area contributed by atoms with Crippen molar-refractivity contribution in [3.63, 3.8) is 0 Å². The molecule has 118 valence electrons. The Bertz CT molecular complexity index is 699. The van der Waals surface area contributed by atoms with Crippen LogP contribution in [0.25, 0.3) is 0 Å². The first-order chi connectivity index (χ1) is 11.3. The highest BCUT2D eigenvalue weighted by Crippen LogP contribution is 2.27. The molecule has 1 N–H and O–H groups in total. The van der Waals surface area contributed by atoms with Gasteiger partial charge >= 0.3 is 0 Å². The molecule has 2 aliphatic heterocycles.